The third-order valence-electron chi connectivity index (χ3n) is 3.26. The molecule has 1 aromatic carbocycles. The average Bonchev–Trinajstić information content (AvgIpc) is 2.26. The van der Waals surface area contributed by atoms with Crippen molar-refractivity contribution in [2.45, 2.75) is 51.2 Å². The van der Waals surface area contributed by atoms with Crippen molar-refractivity contribution >= 4 is 17.7 Å². The van der Waals surface area contributed by atoms with Gasteiger partial charge in [-0.05, 0) is 51.2 Å². The molecule has 20 heavy (non-hydrogen) atoms. The topological polar surface area (TPSA) is 50.4 Å². The number of benzene rings is 1. The minimum Gasteiger partial charge on any atom is -0.443 e. The molecule has 0 unspecified atom stereocenters. The summed E-state index contributed by atoms with van der Waals surface area (Å²) in [6.07, 6.45) is 1.47. The Labute approximate surface area is 124 Å². The molecule has 1 aliphatic rings. The second-order valence-corrected chi connectivity index (χ2v) is 6.57. The largest absolute Gasteiger partial charge is 0.443 e. The van der Waals surface area contributed by atoms with E-state index in [1.165, 1.54) is 5.56 Å². The molecule has 4 nitrogen and oxygen atoms in total. The summed E-state index contributed by atoms with van der Waals surface area (Å²) in [6.45, 7) is 5.51. The number of rotatable bonds is 3. The number of amides is 1. The van der Waals surface area contributed by atoms with Crippen LogP contribution in [-0.2, 0) is 4.74 Å². The zero-order valence-electron chi connectivity index (χ0n) is 12.1. The lowest BCUT2D eigenvalue weighted by Gasteiger charge is -2.36. The molecule has 1 fully saturated rings. The number of nitrogens with one attached hydrogen (secondary N) is 2. The molecule has 0 radical (unpaired) electrons. The summed E-state index contributed by atoms with van der Waals surface area (Å²) >= 11 is 6.17. The average molecular weight is 297 g/mol. The number of hydrazine groups is 1. The van der Waals surface area contributed by atoms with Gasteiger partial charge in [-0.25, -0.2) is 10.2 Å². The smallest absolute Gasteiger partial charge is 0.422 e. The summed E-state index contributed by atoms with van der Waals surface area (Å²) in [7, 11) is 0. The number of halogens is 1. The van der Waals surface area contributed by atoms with Crippen LogP contribution in [0.2, 0.25) is 5.02 Å². The Hall–Kier alpha value is -1.26. The Morgan fingerprint density at radius 1 is 1.30 bits per heavy atom. The van der Waals surface area contributed by atoms with Gasteiger partial charge in [0.25, 0.3) is 0 Å². The Morgan fingerprint density at radius 2 is 1.95 bits per heavy atom. The monoisotopic (exact) mass is 296 g/mol. The van der Waals surface area contributed by atoms with Crippen molar-refractivity contribution in [2.24, 2.45) is 0 Å². The Balaban J connectivity index is 1.72. The first-order chi connectivity index (χ1) is 9.35. The molecule has 1 aliphatic carbocycles. The molecular weight excluding hydrogens is 276 g/mol. The van der Waals surface area contributed by atoms with E-state index in [1.807, 2.05) is 39.0 Å². The van der Waals surface area contributed by atoms with Crippen LogP contribution in [0.25, 0.3) is 0 Å². The lowest BCUT2D eigenvalue weighted by atomic mass is 9.76. The number of ether oxygens (including phenoxy) is 1. The first-order valence-corrected chi connectivity index (χ1v) is 7.22. The van der Waals surface area contributed by atoms with Crippen LogP contribution < -0.4 is 10.9 Å². The van der Waals surface area contributed by atoms with Crippen LogP contribution in [0.5, 0.6) is 0 Å². The van der Waals surface area contributed by atoms with E-state index in [0.29, 0.717) is 5.92 Å². The van der Waals surface area contributed by atoms with Crippen molar-refractivity contribution in [3.63, 3.8) is 0 Å². The van der Waals surface area contributed by atoms with E-state index >= 15 is 0 Å². The van der Waals surface area contributed by atoms with Gasteiger partial charge in [0, 0.05) is 11.1 Å². The summed E-state index contributed by atoms with van der Waals surface area (Å²) in [6, 6.07) is 8.18. The van der Waals surface area contributed by atoms with Crippen molar-refractivity contribution < 1.29 is 9.53 Å². The van der Waals surface area contributed by atoms with Gasteiger partial charge >= 0.3 is 6.09 Å². The fourth-order valence-corrected chi connectivity index (χ4v) is 2.55. The molecule has 0 atom stereocenters. The zero-order chi connectivity index (χ0) is 14.8. The van der Waals surface area contributed by atoms with Crippen molar-refractivity contribution in [3.05, 3.63) is 34.9 Å². The number of carbonyl (C=O) groups excluding carboxylic acids is 1. The summed E-state index contributed by atoms with van der Waals surface area (Å²) in [5.41, 5.74) is 6.28. The highest BCUT2D eigenvalue weighted by molar-refractivity contribution is 6.31. The van der Waals surface area contributed by atoms with Crippen LogP contribution in [0.15, 0.2) is 24.3 Å². The second-order valence-electron chi connectivity index (χ2n) is 6.16. The third-order valence-corrected chi connectivity index (χ3v) is 3.60. The lowest BCUT2D eigenvalue weighted by Crippen LogP contribution is -2.50. The van der Waals surface area contributed by atoms with Crippen molar-refractivity contribution in [1.82, 2.24) is 10.9 Å². The molecule has 5 heteroatoms. The van der Waals surface area contributed by atoms with E-state index in [1.54, 1.807) is 0 Å². The zero-order valence-corrected chi connectivity index (χ0v) is 12.8. The highest BCUT2D eigenvalue weighted by atomic mass is 35.5. The molecule has 2 rings (SSSR count). The van der Waals surface area contributed by atoms with Crippen molar-refractivity contribution in [3.8, 4) is 0 Å². The molecule has 0 aromatic heterocycles. The minimum absolute atomic E-state index is 0.267. The second kappa shape index (κ2) is 6.02. The Morgan fingerprint density at radius 3 is 2.55 bits per heavy atom. The Kier molecular flexibility index (Phi) is 4.55. The van der Waals surface area contributed by atoms with Crippen molar-refractivity contribution in [1.29, 1.82) is 0 Å². The SMILES string of the molecule is CC(C)(C)OC(=O)NNC1CC(c2ccccc2Cl)C1. The van der Waals surface area contributed by atoms with Gasteiger partial charge in [-0.15, -0.1) is 0 Å². The molecule has 0 spiro atoms. The molecule has 0 saturated heterocycles. The number of carbonyl (C=O) groups is 1. The van der Waals surface area contributed by atoms with Gasteiger partial charge in [0.2, 0.25) is 0 Å². The van der Waals surface area contributed by atoms with Crippen LogP contribution >= 0.6 is 11.6 Å². The van der Waals surface area contributed by atoms with Gasteiger partial charge in [0.1, 0.15) is 5.60 Å². The van der Waals surface area contributed by atoms with E-state index < -0.39 is 11.7 Å². The van der Waals surface area contributed by atoms with E-state index in [4.69, 9.17) is 16.3 Å². The summed E-state index contributed by atoms with van der Waals surface area (Å²) in [4.78, 5) is 11.5. The highest BCUT2D eigenvalue weighted by Gasteiger charge is 2.31. The molecular formula is C15H21ClN2O2. The molecule has 1 amide bonds. The van der Waals surface area contributed by atoms with Gasteiger partial charge < -0.3 is 4.74 Å². The number of hydrogen-bond donors (Lipinski definition) is 2. The number of hydrogen-bond acceptors (Lipinski definition) is 3. The Bertz CT molecular complexity index is 479. The standard InChI is InChI=1S/C15H21ClN2O2/c1-15(2,3)20-14(19)18-17-11-8-10(9-11)12-6-4-5-7-13(12)16/h4-7,10-11,17H,8-9H2,1-3H3,(H,18,19). The van der Waals surface area contributed by atoms with Gasteiger partial charge in [0.15, 0.2) is 0 Å². The summed E-state index contributed by atoms with van der Waals surface area (Å²) < 4.78 is 5.15. The molecule has 1 saturated carbocycles. The van der Waals surface area contributed by atoms with Crippen LogP contribution in [-0.4, -0.2) is 17.7 Å². The molecule has 110 valence electrons. The van der Waals surface area contributed by atoms with Gasteiger partial charge in [-0.2, -0.15) is 0 Å². The molecule has 0 bridgehead atoms. The van der Waals surface area contributed by atoms with Crippen LogP contribution in [0, 0.1) is 0 Å². The molecule has 2 N–H and O–H groups in total. The lowest BCUT2D eigenvalue weighted by molar-refractivity contribution is 0.0471. The predicted octanol–water partition coefficient (Wildman–Crippen LogP) is 3.62. The van der Waals surface area contributed by atoms with Gasteiger partial charge in [-0.3, -0.25) is 5.43 Å². The maximum absolute atomic E-state index is 11.5. The van der Waals surface area contributed by atoms with E-state index in [2.05, 4.69) is 16.9 Å². The van der Waals surface area contributed by atoms with E-state index in [9.17, 15) is 4.79 Å². The fraction of sp³-hybridized carbons (Fsp3) is 0.533. The van der Waals surface area contributed by atoms with Crippen LogP contribution in [0.1, 0.15) is 45.1 Å². The molecule has 0 aliphatic heterocycles. The maximum atomic E-state index is 11.5. The minimum atomic E-state index is -0.481. The quantitative estimate of drug-likeness (QED) is 0.838. The van der Waals surface area contributed by atoms with Crippen LogP contribution in [0.3, 0.4) is 0 Å². The summed E-state index contributed by atoms with van der Waals surface area (Å²) in [5, 5.41) is 0.816. The highest BCUT2D eigenvalue weighted by Crippen LogP contribution is 2.39. The molecule has 1 aromatic rings. The fourth-order valence-electron chi connectivity index (χ4n) is 2.26. The van der Waals surface area contributed by atoms with Crippen LogP contribution in [0.4, 0.5) is 4.79 Å². The van der Waals surface area contributed by atoms with E-state index in [0.717, 1.165) is 17.9 Å². The predicted molar refractivity (Wildman–Crippen MR) is 79.7 cm³/mol. The normalized spacial score (nSPS) is 22.0. The molecule has 0 heterocycles. The van der Waals surface area contributed by atoms with Gasteiger partial charge in [0.05, 0.1) is 0 Å². The first-order valence-electron chi connectivity index (χ1n) is 6.84. The maximum Gasteiger partial charge on any atom is 0.422 e. The first kappa shape index (κ1) is 15.1. The van der Waals surface area contributed by atoms with E-state index in [-0.39, 0.29) is 6.04 Å². The summed E-state index contributed by atoms with van der Waals surface area (Å²) in [5.74, 6) is 0.460. The van der Waals surface area contributed by atoms with Gasteiger partial charge in [-0.1, -0.05) is 29.8 Å². The van der Waals surface area contributed by atoms with Crippen molar-refractivity contribution in [2.75, 3.05) is 0 Å². The third kappa shape index (κ3) is 4.12.